The molecule has 1 atom stereocenters. The fourth-order valence-corrected chi connectivity index (χ4v) is 4.76. The number of benzene rings is 1. The highest BCUT2D eigenvalue weighted by Crippen LogP contribution is 2.40. The number of hydrogen-bond acceptors (Lipinski definition) is 5. The molecule has 2 fully saturated rings. The molecule has 4 rings (SSSR count). The van der Waals surface area contributed by atoms with Crippen molar-refractivity contribution in [1.82, 2.24) is 14.5 Å². The van der Waals surface area contributed by atoms with Crippen LogP contribution in [0.3, 0.4) is 0 Å². The number of fused-ring (bicyclic) bond motifs is 1. The number of carbonyl (C=O) groups is 1. The lowest BCUT2D eigenvalue weighted by Crippen LogP contribution is -2.48. The second-order valence-corrected chi connectivity index (χ2v) is 10.3. The van der Waals surface area contributed by atoms with E-state index in [1.165, 1.54) is 0 Å². The molecule has 0 unspecified atom stereocenters. The Balaban J connectivity index is 1.49. The molecule has 0 radical (unpaired) electrons. The summed E-state index contributed by atoms with van der Waals surface area (Å²) in [5.74, 6) is 0. The van der Waals surface area contributed by atoms with Crippen molar-refractivity contribution in [2.24, 2.45) is 0 Å². The molecule has 0 aliphatic carbocycles. The molecule has 1 aromatic carbocycles. The standard InChI is InChI=1S/C21H25BrClN3O4/c1-20(2,3)30-19(28)25-8-6-21(7-9-25)10-13(11-29-21)26-12-24-15-5-4-14(22)17(23)16(15)18(26)27/h4-5,12-13H,6-11H2,1-3H3/t13-/m1/s1. The van der Waals surface area contributed by atoms with E-state index in [1.807, 2.05) is 20.8 Å². The van der Waals surface area contributed by atoms with E-state index in [0.29, 0.717) is 59.4 Å². The van der Waals surface area contributed by atoms with E-state index in [9.17, 15) is 9.59 Å². The molecule has 9 heteroatoms. The molecular weight excluding hydrogens is 474 g/mol. The van der Waals surface area contributed by atoms with Crippen molar-refractivity contribution in [2.45, 2.75) is 57.3 Å². The van der Waals surface area contributed by atoms with E-state index in [4.69, 9.17) is 21.1 Å². The smallest absolute Gasteiger partial charge is 0.410 e. The number of ether oxygens (including phenoxy) is 2. The Morgan fingerprint density at radius 1 is 1.33 bits per heavy atom. The summed E-state index contributed by atoms with van der Waals surface area (Å²) in [6, 6.07) is 3.45. The summed E-state index contributed by atoms with van der Waals surface area (Å²) in [5.41, 5.74) is -0.438. The van der Waals surface area contributed by atoms with E-state index in [0.717, 1.165) is 0 Å². The van der Waals surface area contributed by atoms with Crippen LogP contribution in [0.4, 0.5) is 4.79 Å². The van der Waals surface area contributed by atoms with Gasteiger partial charge in [-0.25, -0.2) is 9.78 Å². The van der Waals surface area contributed by atoms with E-state index < -0.39 is 5.60 Å². The van der Waals surface area contributed by atoms with Gasteiger partial charge in [-0.2, -0.15) is 0 Å². The highest BCUT2D eigenvalue weighted by Gasteiger charge is 2.44. The maximum absolute atomic E-state index is 13.1. The van der Waals surface area contributed by atoms with Crippen LogP contribution in [-0.4, -0.2) is 51.4 Å². The lowest BCUT2D eigenvalue weighted by molar-refractivity contribution is -0.0486. The molecule has 1 amide bonds. The first-order valence-electron chi connectivity index (χ1n) is 10.1. The minimum Gasteiger partial charge on any atom is -0.444 e. The number of piperidine rings is 1. The van der Waals surface area contributed by atoms with Gasteiger partial charge in [-0.3, -0.25) is 9.36 Å². The average molecular weight is 499 g/mol. The van der Waals surface area contributed by atoms with Crippen LogP contribution in [-0.2, 0) is 9.47 Å². The fourth-order valence-electron chi connectivity index (χ4n) is 4.19. The summed E-state index contributed by atoms with van der Waals surface area (Å²) in [6.45, 7) is 7.17. The van der Waals surface area contributed by atoms with Gasteiger partial charge >= 0.3 is 6.09 Å². The zero-order chi connectivity index (χ0) is 21.7. The van der Waals surface area contributed by atoms with Crippen LogP contribution in [0.15, 0.2) is 27.7 Å². The monoisotopic (exact) mass is 497 g/mol. The van der Waals surface area contributed by atoms with E-state index in [2.05, 4.69) is 20.9 Å². The van der Waals surface area contributed by atoms with Crippen molar-refractivity contribution >= 4 is 44.5 Å². The first-order chi connectivity index (χ1) is 14.1. The quantitative estimate of drug-likeness (QED) is 0.577. The zero-order valence-corrected chi connectivity index (χ0v) is 19.6. The van der Waals surface area contributed by atoms with E-state index in [-0.39, 0.29) is 23.3 Å². The number of amides is 1. The number of likely N-dealkylation sites (tertiary alicyclic amines) is 1. The van der Waals surface area contributed by atoms with Crippen LogP contribution < -0.4 is 5.56 Å². The number of hydrogen-bond donors (Lipinski definition) is 0. The Kier molecular flexibility index (Phi) is 5.61. The minimum atomic E-state index is -0.512. The van der Waals surface area contributed by atoms with Crippen molar-refractivity contribution in [2.75, 3.05) is 19.7 Å². The van der Waals surface area contributed by atoms with E-state index in [1.54, 1.807) is 27.9 Å². The SMILES string of the molecule is CC(C)(C)OC(=O)N1CCC2(CC1)C[C@@H](n1cnc3ccc(Br)c(Cl)c3c1=O)CO2. The van der Waals surface area contributed by atoms with Gasteiger partial charge < -0.3 is 14.4 Å². The Labute approximate surface area is 188 Å². The summed E-state index contributed by atoms with van der Waals surface area (Å²) in [4.78, 5) is 31.6. The first kappa shape index (κ1) is 21.6. The molecular formula is C21H25BrClN3O4. The maximum Gasteiger partial charge on any atom is 0.410 e. The molecule has 0 saturated carbocycles. The van der Waals surface area contributed by atoms with Crippen molar-refractivity contribution in [1.29, 1.82) is 0 Å². The molecule has 7 nitrogen and oxygen atoms in total. The molecule has 2 aliphatic heterocycles. The second-order valence-electron chi connectivity index (χ2n) is 9.03. The molecule has 3 heterocycles. The average Bonchev–Trinajstić information content (AvgIpc) is 3.07. The molecule has 1 spiro atoms. The molecule has 0 N–H and O–H groups in total. The number of aromatic nitrogens is 2. The Hall–Kier alpha value is -1.64. The summed E-state index contributed by atoms with van der Waals surface area (Å²) in [7, 11) is 0. The predicted octanol–water partition coefficient (Wildman–Crippen LogP) is 4.54. The molecule has 162 valence electrons. The Morgan fingerprint density at radius 3 is 2.70 bits per heavy atom. The highest BCUT2D eigenvalue weighted by atomic mass is 79.9. The molecule has 0 bridgehead atoms. The number of nitrogens with zero attached hydrogens (tertiary/aromatic N) is 3. The van der Waals surface area contributed by atoms with Gasteiger partial charge in [0.05, 0.1) is 40.5 Å². The van der Waals surface area contributed by atoms with Crippen LogP contribution >= 0.6 is 27.5 Å². The van der Waals surface area contributed by atoms with Crippen molar-refractivity contribution in [3.8, 4) is 0 Å². The largest absolute Gasteiger partial charge is 0.444 e. The van der Waals surface area contributed by atoms with Crippen LogP contribution in [0, 0.1) is 0 Å². The fraction of sp³-hybridized carbons (Fsp3) is 0.571. The summed E-state index contributed by atoms with van der Waals surface area (Å²) in [5, 5.41) is 0.785. The maximum atomic E-state index is 13.1. The van der Waals surface area contributed by atoms with Gasteiger partial charge in [0.25, 0.3) is 5.56 Å². The topological polar surface area (TPSA) is 73.7 Å². The van der Waals surface area contributed by atoms with Crippen molar-refractivity contribution < 1.29 is 14.3 Å². The van der Waals surface area contributed by atoms with Gasteiger partial charge in [0.2, 0.25) is 0 Å². The number of carbonyl (C=O) groups excluding carboxylic acids is 1. The molecule has 2 saturated heterocycles. The zero-order valence-electron chi connectivity index (χ0n) is 17.3. The third kappa shape index (κ3) is 4.09. The van der Waals surface area contributed by atoms with Crippen LogP contribution in [0.5, 0.6) is 0 Å². The predicted molar refractivity (Wildman–Crippen MR) is 118 cm³/mol. The van der Waals surface area contributed by atoms with Crippen LogP contribution in [0.2, 0.25) is 5.02 Å². The Morgan fingerprint density at radius 2 is 2.03 bits per heavy atom. The summed E-state index contributed by atoms with van der Waals surface area (Å²) in [6.07, 6.45) is 3.42. The first-order valence-corrected chi connectivity index (χ1v) is 11.2. The molecule has 2 aliphatic rings. The molecule has 2 aromatic rings. The third-order valence-corrected chi connectivity index (χ3v) is 7.03. The van der Waals surface area contributed by atoms with Gasteiger partial charge in [-0.15, -0.1) is 0 Å². The lowest BCUT2D eigenvalue weighted by Gasteiger charge is -2.39. The van der Waals surface area contributed by atoms with Gasteiger partial charge in [-0.1, -0.05) is 11.6 Å². The third-order valence-electron chi connectivity index (χ3n) is 5.75. The van der Waals surface area contributed by atoms with Gasteiger partial charge in [0.1, 0.15) is 5.60 Å². The Bertz CT molecular complexity index is 1040. The summed E-state index contributed by atoms with van der Waals surface area (Å²) < 4.78 is 14.0. The van der Waals surface area contributed by atoms with E-state index >= 15 is 0 Å². The second kappa shape index (κ2) is 7.80. The molecule has 30 heavy (non-hydrogen) atoms. The van der Waals surface area contributed by atoms with Crippen molar-refractivity contribution in [3.05, 3.63) is 38.3 Å². The van der Waals surface area contributed by atoms with Gasteiger partial charge in [-0.05, 0) is 68.1 Å². The van der Waals surface area contributed by atoms with Crippen molar-refractivity contribution in [3.63, 3.8) is 0 Å². The number of halogens is 2. The minimum absolute atomic E-state index is 0.113. The lowest BCUT2D eigenvalue weighted by atomic mass is 9.87. The normalized spacial score (nSPS) is 21.4. The van der Waals surface area contributed by atoms with Crippen LogP contribution in [0.25, 0.3) is 10.9 Å². The summed E-state index contributed by atoms with van der Waals surface area (Å²) >= 11 is 9.74. The van der Waals surface area contributed by atoms with Gasteiger partial charge in [0.15, 0.2) is 0 Å². The highest BCUT2D eigenvalue weighted by molar-refractivity contribution is 9.10. The van der Waals surface area contributed by atoms with Crippen LogP contribution in [0.1, 0.15) is 46.1 Å². The number of rotatable bonds is 1. The van der Waals surface area contributed by atoms with Gasteiger partial charge in [0, 0.05) is 17.6 Å². The molecule has 1 aromatic heterocycles.